The molecule has 2 aromatic rings. The number of ether oxygens (including phenoxy) is 1. The van der Waals surface area contributed by atoms with Gasteiger partial charge in [-0.25, -0.2) is 4.39 Å². The molecule has 0 saturated heterocycles. The fraction of sp³-hybridized carbons (Fsp3) is 0.200. The SMILES string of the molecule is Cc1ccc(Oc2ccc(C(F)(F)F)cc2CN)cc1F. The second-order valence-electron chi connectivity index (χ2n) is 4.54. The van der Waals surface area contributed by atoms with Crippen LogP contribution in [0.5, 0.6) is 11.5 Å². The van der Waals surface area contributed by atoms with Crippen LogP contribution in [0.25, 0.3) is 0 Å². The summed E-state index contributed by atoms with van der Waals surface area (Å²) in [7, 11) is 0. The smallest absolute Gasteiger partial charge is 0.416 e. The molecule has 6 heteroatoms. The lowest BCUT2D eigenvalue weighted by Crippen LogP contribution is -2.08. The van der Waals surface area contributed by atoms with Crippen molar-refractivity contribution >= 4 is 0 Å². The Balaban J connectivity index is 2.33. The van der Waals surface area contributed by atoms with Crippen molar-refractivity contribution in [3.63, 3.8) is 0 Å². The van der Waals surface area contributed by atoms with Gasteiger partial charge in [0.2, 0.25) is 0 Å². The summed E-state index contributed by atoms with van der Waals surface area (Å²) in [4.78, 5) is 0. The molecule has 0 radical (unpaired) electrons. The van der Waals surface area contributed by atoms with Crippen LogP contribution in [0.4, 0.5) is 17.6 Å². The van der Waals surface area contributed by atoms with E-state index in [1.807, 2.05) is 0 Å². The van der Waals surface area contributed by atoms with Crippen molar-refractivity contribution in [1.82, 2.24) is 0 Å². The van der Waals surface area contributed by atoms with Crippen molar-refractivity contribution in [2.45, 2.75) is 19.6 Å². The Morgan fingerprint density at radius 2 is 1.81 bits per heavy atom. The Labute approximate surface area is 119 Å². The molecule has 0 heterocycles. The molecule has 0 aliphatic carbocycles. The minimum atomic E-state index is -4.45. The highest BCUT2D eigenvalue weighted by Gasteiger charge is 2.31. The van der Waals surface area contributed by atoms with E-state index in [9.17, 15) is 17.6 Å². The van der Waals surface area contributed by atoms with Crippen LogP contribution in [-0.4, -0.2) is 0 Å². The number of hydrogen-bond donors (Lipinski definition) is 1. The Morgan fingerprint density at radius 3 is 2.38 bits per heavy atom. The maximum Gasteiger partial charge on any atom is 0.416 e. The van der Waals surface area contributed by atoms with Crippen LogP contribution < -0.4 is 10.5 Å². The number of halogens is 4. The van der Waals surface area contributed by atoms with Gasteiger partial charge in [-0.15, -0.1) is 0 Å². The average molecular weight is 299 g/mol. The first-order valence-electron chi connectivity index (χ1n) is 6.15. The number of hydrogen-bond acceptors (Lipinski definition) is 2. The van der Waals surface area contributed by atoms with Gasteiger partial charge in [0, 0.05) is 18.2 Å². The highest BCUT2D eigenvalue weighted by Crippen LogP contribution is 2.34. The van der Waals surface area contributed by atoms with Gasteiger partial charge in [-0.3, -0.25) is 0 Å². The maximum absolute atomic E-state index is 13.4. The van der Waals surface area contributed by atoms with E-state index < -0.39 is 17.6 Å². The second-order valence-corrected chi connectivity index (χ2v) is 4.54. The van der Waals surface area contributed by atoms with Crippen LogP contribution in [0.2, 0.25) is 0 Å². The summed E-state index contributed by atoms with van der Waals surface area (Å²) in [5, 5.41) is 0. The number of nitrogens with two attached hydrogens (primary N) is 1. The van der Waals surface area contributed by atoms with E-state index in [1.54, 1.807) is 6.92 Å². The molecule has 21 heavy (non-hydrogen) atoms. The third kappa shape index (κ3) is 3.52. The van der Waals surface area contributed by atoms with Gasteiger partial charge in [0.05, 0.1) is 5.56 Å². The van der Waals surface area contributed by atoms with Crippen molar-refractivity contribution in [3.8, 4) is 11.5 Å². The third-order valence-corrected chi connectivity index (χ3v) is 2.98. The van der Waals surface area contributed by atoms with Gasteiger partial charge in [-0.2, -0.15) is 13.2 Å². The summed E-state index contributed by atoms with van der Waals surface area (Å²) in [5.74, 6) is -0.0741. The molecule has 112 valence electrons. The Morgan fingerprint density at radius 1 is 1.10 bits per heavy atom. The fourth-order valence-electron chi connectivity index (χ4n) is 1.78. The molecule has 0 aliphatic heterocycles. The molecule has 0 atom stereocenters. The van der Waals surface area contributed by atoms with Crippen LogP contribution in [0.3, 0.4) is 0 Å². The summed E-state index contributed by atoms with van der Waals surface area (Å²) in [6.45, 7) is 1.48. The first-order valence-corrected chi connectivity index (χ1v) is 6.15. The van der Waals surface area contributed by atoms with Crippen molar-refractivity contribution < 1.29 is 22.3 Å². The molecule has 0 amide bonds. The number of rotatable bonds is 3. The summed E-state index contributed by atoms with van der Waals surface area (Å²) < 4.78 is 56.7. The van der Waals surface area contributed by atoms with Crippen molar-refractivity contribution in [2.75, 3.05) is 0 Å². The van der Waals surface area contributed by atoms with Gasteiger partial charge in [-0.05, 0) is 36.8 Å². The van der Waals surface area contributed by atoms with Crippen LogP contribution >= 0.6 is 0 Å². The first-order chi connectivity index (χ1) is 9.81. The van der Waals surface area contributed by atoms with E-state index in [0.29, 0.717) is 5.56 Å². The van der Waals surface area contributed by atoms with Gasteiger partial charge in [0.1, 0.15) is 17.3 Å². The average Bonchev–Trinajstić information content (AvgIpc) is 2.42. The molecule has 0 saturated carbocycles. The normalized spacial score (nSPS) is 11.5. The monoisotopic (exact) mass is 299 g/mol. The lowest BCUT2D eigenvalue weighted by molar-refractivity contribution is -0.137. The molecular weight excluding hydrogens is 286 g/mol. The zero-order valence-corrected chi connectivity index (χ0v) is 11.2. The third-order valence-electron chi connectivity index (χ3n) is 2.98. The van der Waals surface area contributed by atoms with E-state index in [1.165, 1.54) is 24.3 Å². The second kappa shape index (κ2) is 5.73. The molecule has 0 aliphatic rings. The van der Waals surface area contributed by atoms with Gasteiger partial charge < -0.3 is 10.5 Å². The zero-order chi connectivity index (χ0) is 15.6. The molecule has 2 nitrogen and oxygen atoms in total. The quantitative estimate of drug-likeness (QED) is 0.852. The minimum absolute atomic E-state index is 0.117. The van der Waals surface area contributed by atoms with E-state index in [0.717, 1.165) is 12.1 Å². The number of alkyl halides is 3. The molecular formula is C15H13F4NO. The molecule has 0 aromatic heterocycles. The molecule has 2 aromatic carbocycles. The lowest BCUT2D eigenvalue weighted by atomic mass is 10.1. The van der Waals surface area contributed by atoms with Gasteiger partial charge in [-0.1, -0.05) is 6.07 Å². The molecule has 0 spiro atoms. The topological polar surface area (TPSA) is 35.2 Å². The van der Waals surface area contributed by atoms with E-state index in [4.69, 9.17) is 10.5 Å². The lowest BCUT2D eigenvalue weighted by Gasteiger charge is -2.13. The van der Waals surface area contributed by atoms with Gasteiger partial charge in [0.25, 0.3) is 0 Å². The number of aryl methyl sites for hydroxylation is 1. The predicted octanol–water partition coefficient (Wildman–Crippen LogP) is 4.40. The summed E-state index contributed by atoms with van der Waals surface area (Å²) in [5.41, 5.74) is 5.30. The summed E-state index contributed by atoms with van der Waals surface area (Å²) >= 11 is 0. The van der Waals surface area contributed by atoms with E-state index >= 15 is 0 Å². The van der Waals surface area contributed by atoms with Crippen LogP contribution in [-0.2, 0) is 12.7 Å². The highest BCUT2D eigenvalue weighted by atomic mass is 19.4. The Hall–Kier alpha value is -2.08. The zero-order valence-electron chi connectivity index (χ0n) is 11.2. The van der Waals surface area contributed by atoms with Crippen molar-refractivity contribution in [2.24, 2.45) is 5.73 Å². The molecule has 0 fully saturated rings. The maximum atomic E-state index is 13.4. The van der Waals surface area contributed by atoms with Crippen LogP contribution in [0.15, 0.2) is 36.4 Å². The van der Waals surface area contributed by atoms with Gasteiger partial charge in [0.15, 0.2) is 0 Å². The van der Waals surface area contributed by atoms with Crippen molar-refractivity contribution in [3.05, 3.63) is 58.9 Å². The van der Waals surface area contributed by atoms with Gasteiger partial charge >= 0.3 is 6.18 Å². The first kappa shape index (κ1) is 15.3. The molecule has 2 N–H and O–H groups in total. The van der Waals surface area contributed by atoms with Crippen molar-refractivity contribution in [1.29, 1.82) is 0 Å². The van der Waals surface area contributed by atoms with Crippen LogP contribution in [0, 0.1) is 12.7 Å². The summed E-state index contributed by atoms with van der Waals surface area (Å²) in [6, 6.07) is 7.25. The van der Waals surface area contributed by atoms with Crippen LogP contribution in [0.1, 0.15) is 16.7 Å². The molecule has 2 rings (SSSR count). The minimum Gasteiger partial charge on any atom is -0.457 e. The standard InChI is InChI=1S/C15H13F4NO/c1-9-2-4-12(7-13(9)16)21-14-5-3-11(15(17,18)19)6-10(14)8-20/h2-7H,8,20H2,1H3. The molecule has 0 bridgehead atoms. The predicted molar refractivity (Wildman–Crippen MR) is 70.5 cm³/mol. The Kier molecular flexibility index (Phi) is 4.18. The van der Waals surface area contributed by atoms with E-state index in [-0.39, 0.29) is 23.6 Å². The molecule has 0 unspecified atom stereocenters. The Bertz CT molecular complexity index is 653. The number of benzene rings is 2. The van der Waals surface area contributed by atoms with E-state index in [2.05, 4.69) is 0 Å². The summed E-state index contributed by atoms with van der Waals surface area (Å²) in [6.07, 6.45) is -4.45. The highest BCUT2D eigenvalue weighted by molar-refractivity contribution is 5.41. The largest absolute Gasteiger partial charge is 0.457 e. The fourth-order valence-corrected chi connectivity index (χ4v) is 1.78.